The predicted octanol–water partition coefficient (Wildman–Crippen LogP) is -0.135. The summed E-state index contributed by atoms with van der Waals surface area (Å²) in [6.07, 6.45) is -1.33. The van der Waals surface area contributed by atoms with Gasteiger partial charge in [0.1, 0.15) is 24.4 Å². The lowest BCUT2D eigenvalue weighted by Crippen LogP contribution is -2.19. The molecule has 0 fully saturated rings. The maximum atomic E-state index is 9.87. The molecule has 2 atom stereocenters. The fourth-order valence-electron chi connectivity index (χ4n) is 0.782. The quantitative estimate of drug-likeness (QED) is 0.442. The molecule has 0 bridgehead atoms. The molecule has 0 aliphatic carbocycles. The Kier molecular flexibility index (Phi) is 18.7. The number of carbonyl (C=O) groups is 4. The number of ether oxygens (including phenoxy) is 1. The van der Waals surface area contributed by atoms with E-state index in [9.17, 15) is 19.2 Å². The normalized spacial score (nSPS) is 11.7. The zero-order valence-corrected chi connectivity index (χ0v) is 13.8. The minimum Gasteiger partial charge on any atom is -0.481 e. The molecule has 0 saturated carbocycles. The van der Waals surface area contributed by atoms with Gasteiger partial charge in [-0.2, -0.15) is 0 Å². The Morgan fingerprint density at radius 2 is 1.26 bits per heavy atom. The summed E-state index contributed by atoms with van der Waals surface area (Å²) in [5.41, 5.74) is 0. The first-order valence-electron chi connectivity index (χ1n) is 6.75. The van der Waals surface area contributed by atoms with Crippen LogP contribution in [-0.2, 0) is 23.9 Å². The van der Waals surface area contributed by atoms with Crippen LogP contribution in [0.5, 0.6) is 0 Å². The van der Waals surface area contributed by atoms with Gasteiger partial charge in [0.15, 0.2) is 0 Å². The monoisotopic (exact) mass is 338 g/mol. The average Bonchev–Trinajstić information content (AvgIpc) is 2.33. The van der Waals surface area contributed by atoms with E-state index in [1.54, 1.807) is 13.8 Å². The molecular formula is C14H26O9. The molecule has 0 rings (SSSR count). The second kappa shape index (κ2) is 16.5. The number of carbonyl (C=O) groups excluding carboxylic acids is 2. The Morgan fingerprint density at radius 1 is 0.913 bits per heavy atom. The van der Waals surface area contributed by atoms with Crippen molar-refractivity contribution in [2.45, 2.75) is 52.7 Å². The van der Waals surface area contributed by atoms with Crippen molar-refractivity contribution in [3.05, 3.63) is 0 Å². The molecule has 0 aliphatic heterocycles. The van der Waals surface area contributed by atoms with E-state index in [2.05, 4.69) is 0 Å². The number of rotatable bonds is 8. The lowest BCUT2D eigenvalue weighted by molar-refractivity contribution is -0.141. The lowest BCUT2D eigenvalue weighted by Gasteiger charge is -2.10. The average molecular weight is 338 g/mol. The number of Topliss-reactive ketones (excluding diaryl/α,β-unsaturated/α-hetero) is 2. The minimum absolute atomic E-state index is 0.00667. The number of ketones is 2. The Balaban J connectivity index is -0.000000264. The first-order chi connectivity index (χ1) is 10.4. The van der Waals surface area contributed by atoms with E-state index < -0.39 is 18.0 Å². The number of carboxylic acids is 2. The van der Waals surface area contributed by atoms with Crippen LogP contribution < -0.4 is 0 Å². The molecule has 0 radical (unpaired) electrons. The molecule has 0 amide bonds. The molecule has 2 unspecified atom stereocenters. The van der Waals surface area contributed by atoms with E-state index in [-0.39, 0.29) is 37.1 Å². The largest absolute Gasteiger partial charge is 0.481 e. The Hall–Kier alpha value is -1.84. The molecule has 0 aromatic carbocycles. The summed E-state index contributed by atoms with van der Waals surface area (Å²) in [6.45, 7) is 6.18. The lowest BCUT2D eigenvalue weighted by atomic mass is 10.3. The number of hydrogen-bond donors (Lipinski definition) is 4. The zero-order valence-electron chi connectivity index (χ0n) is 13.8. The van der Waals surface area contributed by atoms with Crippen molar-refractivity contribution in [2.75, 3.05) is 13.2 Å². The second-order valence-corrected chi connectivity index (χ2v) is 4.72. The van der Waals surface area contributed by atoms with Crippen molar-refractivity contribution < 1.29 is 44.3 Å². The van der Waals surface area contributed by atoms with Gasteiger partial charge in [0.25, 0.3) is 0 Å². The SMILES string of the molecule is CC(=O)CC(=O)O.CC(=O)CC(=O)O.CC(O)COC(C)CO. The molecule has 0 heterocycles. The van der Waals surface area contributed by atoms with Crippen LogP contribution in [0, 0.1) is 0 Å². The molecule has 0 aromatic rings. The summed E-state index contributed by atoms with van der Waals surface area (Å²) >= 11 is 0. The fraction of sp³-hybridized carbons (Fsp3) is 0.714. The third kappa shape index (κ3) is 38.4. The van der Waals surface area contributed by atoms with Crippen LogP contribution in [-0.4, -0.2) is 69.4 Å². The third-order valence-corrected chi connectivity index (χ3v) is 1.68. The molecule has 0 aromatic heterocycles. The van der Waals surface area contributed by atoms with Gasteiger partial charge >= 0.3 is 11.9 Å². The van der Waals surface area contributed by atoms with Crippen molar-refractivity contribution in [1.82, 2.24) is 0 Å². The van der Waals surface area contributed by atoms with Crippen LogP contribution in [0.4, 0.5) is 0 Å². The topological polar surface area (TPSA) is 158 Å². The van der Waals surface area contributed by atoms with Crippen molar-refractivity contribution in [2.24, 2.45) is 0 Å². The zero-order chi connectivity index (χ0) is 19.0. The van der Waals surface area contributed by atoms with Gasteiger partial charge in [-0.3, -0.25) is 19.2 Å². The van der Waals surface area contributed by atoms with Gasteiger partial charge in [0, 0.05) is 0 Å². The van der Waals surface area contributed by atoms with Gasteiger partial charge in [0.05, 0.1) is 25.4 Å². The highest BCUT2D eigenvalue weighted by atomic mass is 16.5. The number of aliphatic hydroxyl groups excluding tert-OH is 2. The molecule has 4 N–H and O–H groups in total. The summed E-state index contributed by atoms with van der Waals surface area (Å²) in [5.74, 6) is -2.75. The molecule has 23 heavy (non-hydrogen) atoms. The Bertz CT molecular complexity index is 313. The smallest absolute Gasteiger partial charge is 0.310 e. The Morgan fingerprint density at radius 3 is 1.39 bits per heavy atom. The highest BCUT2D eigenvalue weighted by Gasteiger charge is 2.01. The van der Waals surface area contributed by atoms with Crippen molar-refractivity contribution >= 4 is 23.5 Å². The molecule has 0 spiro atoms. The highest BCUT2D eigenvalue weighted by Crippen LogP contribution is 1.90. The van der Waals surface area contributed by atoms with Crippen molar-refractivity contribution in [3.8, 4) is 0 Å². The van der Waals surface area contributed by atoms with Gasteiger partial charge in [-0.15, -0.1) is 0 Å². The van der Waals surface area contributed by atoms with Gasteiger partial charge in [-0.05, 0) is 27.7 Å². The van der Waals surface area contributed by atoms with E-state index in [4.69, 9.17) is 25.2 Å². The fourth-order valence-corrected chi connectivity index (χ4v) is 0.782. The molecule has 0 aliphatic rings. The van der Waals surface area contributed by atoms with Crippen molar-refractivity contribution in [3.63, 3.8) is 0 Å². The van der Waals surface area contributed by atoms with E-state index in [1.807, 2.05) is 0 Å². The first kappa shape index (κ1) is 26.1. The second-order valence-electron chi connectivity index (χ2n) is 4.72. The van der Waals surface area contributed by atoms with Gasteiger partial charge in [-0.1, -0.05) is 0 Å². The summed E-state index contributed by atoms with van der Waals surface area (Å²) < 4.78 is 4.95. The van der Waals surface area contributed by atoms with E-state index in [1.165, 1.54) is 13.8 Å². The van der Waals surface area contributed by atoms with Crippen LogP contribution in [0.15, 0.2) is 0 Å². The summed E-state index contributed by atoms with van der Waals surface area (Å²) in [5, 5.41) is 32.9. The number of aliphatic carboxylic acids is 2. The van der Waals surface area contributed by atoms with Gasteiger partial charge in [0.2, 0.25) is 0 Å². The van der Waals surface area contributed by atoms with E-state index in [0.717, 1.165) is 0 Å². The maximum Gasteiger partial charge on any atom is 0.310 e. The third-order valence-electron chi connectivity index (χ3n) is 1.68. The summed E-state index contributed by atoms with van der Waals surface area (Å²) in [7, 11) is 0. The Labute approximate surface area is 134 Å². The number of aliphatic hydroxyl groups is 2. The molecule has 0 saturated heterocycles. The van der Waals surface area contributed by atoms with Crippen LogP contribution in [0.1, 0.15) is 40.5 Å². The number of carboxylic acid groups (broad SMARTS) is 2. The van der Waals surface area contributed by atoms with Crippen LogP contribution in [0.25, 0.3) is 0 Å². The van der Waals surface area contributed by atoms with Crippen LogP contribution >= 0.6 is 0 Å². The van der Waals surface area contributed by atoms with Crippen LogP contribution in [0.2, 0.25) is 0 Å². The molecule has 136 valence electrons. The van der Waals surface area contributed by atoms with E-state index >= 15 is 0 Å². The number of hydrogen-bond acceptors (Lipinski definition) is 7. The highest BCUT2D eigenvalue weighted by molar-refractivity contribution is 5.93. The van der Waals surface area contributed by atoms with Crippen LogP contribution in [0.3, 0.4) is 0 Å². The molecular weight excluding hydrogens is 312 g/mol. The van der Waals surface area contributed by atoms with Gasteiger partial charge in [-0.25, -0.2) is 0 Å². The van der Waals surface area contributed by atoms with E-state index in [0.29, 0.717) is 6.61 Å². The maximum absolute atomic E-state index is 9.87. The van der Waals surface area contributed by atoms with Gasteiger partial charge < -0.3 is 25.2 Å². The van der Waals surface area contributed by atoms with Crippen molar-refractivity contribution in [1.29, 1.82) is 0 Å². The minimum atomic E-state index is -1.06. The summed E-state index contributed by atoms with van der Waals surface area (Å²) in [6, 6.07) is 0. The predicted molar refractivity (Wildman–Crippen MR) is 80.0 cm³/mol. The summed E-state index contributed by atoms with van der Waals surface area (Å²) in [4.78, 5) is 38.9. The molecule has 9 nitrogen and oxygen atoms in total. The molecule has 9 heteroatoms. The first-order valence-corrected chi connectivity index (χ1v) is 6.75. The standard InChI is InChI=1S/C6H14O3.2C4H6O3/c1-5(8)4-9-6(2)3-7;2*1-3(5)2-4(6)7/h5-8H,3-4H2,1-2H3;2*2H2,1H3,(H,6,7).